The smallest absolute Gasteiger partial charge is 0.220 e. The third-order valence-electron chi connectivity index (χ3n) is 2.83. The third-order valence-corrected chi connectivity index (χ3v) is 2.83. The zero-order valence-electron chi connectivity index (χ0n) is 10.3. The zero-order chi connectivity index (χ0) is 11.3. The molecule has 1 aliphatic heterocycles. The number of nitrogens with zero attached hydrogens (tertiary/aromatic N) is 1. The SMILES string of the molecule is CC(C)CC(=O)NC1CCCCN(C)C1. The maximum absolute atomic E-state index is 11.6. The average molecular weight is 212 g/mol. The van der Waals surface area contributed by atoms with Gasteiger partial charge >= 0.3 is 0 Å². The van der Waals surface area contributed by atoms with Gasteiger partial charge in [-0.3, -0.25) is 4.79 Å². The molecule has 1 rings (SSSR count). The number of likely N-dealkylation sites (N-methyl/N-ethyl adjacent to an activating group) is 1. The molecule has 0 radical (unpaired) electrons. The minimum absolute atomic E-state index is 0.213. The summed E-state index contributed by atoms with van der Waals surface area (Å²) in [4.78, 5) is 13.9. The molecule has 0 spiro atoms. The molecule has 0 aromatic heterocycles. The van der Waals surface area contributed by atoms with Gasteiger partial charge in [0.05, 0.1) is 0 Å². The van der Waals surface area contributed by atoms with E-state index < -0.39 is 0 Å². The van der Waals surface area contributed by atoms with Crippen molar-refractivity contribution in [2.24, 2.45) is 5.92 Å². The minimum Gasteiger partial charge on any atom is -0.352 e. The van der Waals surface area contributed by atoms with E-state index in [1.807, 2.05) is 0 Å². The standard InChI is InChI=1S/C12H24N2O/c1-10(2)8-12(15)13-11-6-4-5-7-14(3)9-11/h10-11H,4-9H2,1-3H3,(H,13,15). The fourth-order valence-electron chi connectivity index (χ4n) is 2.11. The average Bonchev–Trinajstić information content (AvgIpc) is 2.28. The van der Waals surface area contributed by atoms with Crippen molar-refractivity contribution in [3.63, 3.8) is 0 Å². The molecule has 0 aliphatic carbocycles. The maximum Gasteiger partial charge on any atom is 0.220 e. The fourth-order valence-corrected chi connectivity index (χ4v) is 2.11. The van der Waals surface area contributed by atoms with Gasteiger partial charge in [0.25, 0.3) is 0 Å². The summed E-state index contributed by atoms with van der Waals surface area (Å²) in [7, 11) is 2.13. The van der Waals surface area contributed by atoms with Crippen LogP contribution in [0.1, 0.15) is 39.5 Å². The van der Waals surface area contributed by atoms with Gasteiger partial charge in [-0.25, -0.2) is 0 Å². The van der Waals surface area contributed by atoms with E-state index in [-0.39, 0.29) is 5.91 Å². The van der Waals surface area contributed by atoms with Crippen molar-refractivity contribution < 1.29 is 4.79 Å². The van der Waals surface area contributed by atoms with Crippen molar-refractivity contribution in [2.45, 2.75) is 45.6 Å². The van der Waals surface area contributed by atoms with Crippen LogP contribution in [-0.4, -0.2) is 37.0 Å². The molecule has 0 bridgehead atoms. The highest BCUT2D eigenvalue weighted by atomic mass is 16.1. The summed E-state index contributed by atoms with van der Waals surface area (Å²) in [5.74, 6) is 0.666. The lowest BCUT2D eigenvalue weighted by Gasteiger charge is -2.21. The maximum atomic E-state index is 11.6. The normalized spacial score (nSPS) is 23.9. The molecule has 0 aromatic carbocycles. The first-order valence-electron chi connectivity index (χ1n) is 6.06. The Morgan fingerprint density at radius 1 is 1.47 bits per heavy atom. The van der Waals surface area contributed by atoms with Crippen molar-refractivity contribution in [1.82, 2.24) is 10.2 Å². The second kappa shape index (κ2) is 6.11. The molecule has 0 aromatic rings. The van der Waals surface area contributed by atoms with E-state index >= 15 is 0 Å². The van der Waals surface area contributed by atoms with Gasteiger partial charge in [-0.15, -0.1) is 0 Å². The summed E-state index contributed by atoms with van der Waals surface area (Å²) in [6, 6.07) is 0.365. The first-order valence-corrected chi connectivity index (χ1v) is 6.06. The van der Waals surface area contributed by atoms with Crippen LogP contribution < -0.4 is 5.32 Å². The Morgan fingerprint density at radius 3 is 2.87 bits per heavy atom. The third kappa shape index (κ3) is 5.17. The quantitative estimate of drug-likeness (QED) is 0.771. The Morgan fingerprint density at radius 2 is 2.20 bits per heavy atom. The number of carbonyl (C=O) groups excluding carboxylic acids is 1. The number of amides is 1. The van der Waals surface area contributed by atoms with E-state index in [0.717, 1.165) is 19.5 Å². The van der Waals surface area contributed by atoms with E-state index in [4.69, 9.17) is 0 Å². The molecule has 1 saturated heterocycles. The van der Waals surface area contributed by atoms with Crippen molar-refractivity contribution in [3.05, 3.63) is 0 Å². The number of likely N-dealkylation sites (tertiary alicyclic amines) is 1. The molecule has 88 valence electrons. The molecule has 1 N–H and O–H groups in total. The van der Waals surface area contributed by atoms with Gasteiger partial charge in [0.2, 0.25) is 5.91 Å². The van der Waals surface area contributed by atoms with Gasteiger partial charge in [-0.05, 0) is 32.4 Å². The number of hydrogen-bond donors (Lipinski definition) is 1. The Hall–Kier alpha value is -0.570. The summed E-state index contributed by atoms with van der Waals surface area (Å²) in [6.07, 6.45) is 4.28. The molecule has 3 heteroatoms. The van der Waals surface area contributed by atoms with Crippen LogP contribution in [-0.2, 0) is 4.79 Å². The van der Waals surface area contributed by atoms with Gasteiger partial charge in [-0.1, -0.05) is 20.3 Å². The van der Waals surface area contributed by atoms with Crippen LogP contribution in [0.25, 0.3) is 0 Å². The molecular weight excluding hydrogens is 188 g/mol. The summed E-state index contributed by atoms with van der Waals surface area (Å²) in [5, 5.41) is 3.14. The van der Waals surface area contributed by atoms with Gasteiger partial charge < -0.3 is 10.2 Å². The molecule has 3 nitrogen and oxygen atoms in total. The van der Waals surface area contributed by atoms with Gasteiger partial charge in [-0.2, -0.15) is 0 Å². The largest absolute Gasteiger partial charge is 0.352 e. The Kier molecular flexibility index (Phi) is 5.09. The highest BCUT2D eigenvalue weighted by molar-refractivity contribution is 5.76. The molecule has 1 amide bonds. The van der Waals surface area contributed by atoms with Crippen molar-refractivity contribution >= 4 is 5.91 Å². The fraction of sp³-hybridized carbons (Fsp3) is 0.917. The highest BCUT2D eigenvalue weighted by Crippen LogP contribution is 2.09. The minimum atomic E-state index is 0.213. The van der Waals surface area contributed by atoms with Crippen molar-refractivity contribution in [2.75, 3.05) is 20.1 Å². The van der Waals surface area contributed by atoms with Crippen LogP contribution in [0.4, 0.5) is 0 Å². The molecular formula is C12H24N2O. The number of carbonyl (C=O) groups is 1. The van der Waals surface area contributed by atoms with E-state index in [1.165, 1.54) is 12.8 Å². The topological polar surface area (TPSA) is 32.3 Å². The Bertz CT molecular complexity index is 204. The van der Waals surface area contributed by atoms with E-state index in [1.54, 1.807) is 0 Å². The molecule has 1 fully saturated rings. The number of rotatable bonds is 3. The highest BCUT2D eigenvalue weighted by Gasteiger charge is 2.17. The lowest BCUT2D eigenvalue weighted by molar-refractivity contribution is -0.122. The second-order valence-corrected chi connectivity index (χ2v) is 5.12. The summed E-state index contributed by atoms with van der Waals surface area (Å²) in [5.41, 5.74) is 0. The Labute approximate surface area is 93.2 Å². The van der Waals surface area contributed by atoms with Crippen LogP contribution in [0.5, 0.6) is 0 Å². The first kappa shape index (κ1) is 12.5. The predicted octanol–water partition coefficient (Wildman–Crippen LogP) is 1.63. The van der Waals surface area contributed by atoms with Crippen LogP contribution in [0.15, 0.2) is 0 Å². The summed E-state index contributed by atoms with van der Waals surface area (Å²) >= 11 is 0. The molecule has 1 aliphatic rings. The van der Waals surface area contributed by atoms with E-state index in [0.29, 0.717) is 18.4 Å². The first-order chi connectivity index (χ1) is 7.08. The monoisotopic (exact) mass is 212 g/mol. The lowest BCUT2D eigenvalue weighted by atomic mass is 10.1. The van der Waals surface area contributed by atoms with Crippen LogP contribution in [0.3, 0.4) is 0 Å². The molecule has 1 unspecified atom stereocenters. The van der Waals surface area contributed by atoms with E-state index in [2.05, 4.69) is 31.1 Å². The van der Waals surface area contributed by atoms with E-state index in [9.17, 15) is 4.79 Å². The van der Waals surface area contributed by atoms with Gasteiger partial charge in [0.1, 0.15) is 0 Å². The second-order valence-electron chi connectivity index (χ2n) is 5.12. The number of hydrogen-bond acceptors (Lipinski definition) is 2. The van der Waals surface area contributed by atoms with Crippen LogP contribution in [0, 0.1) is 5.92 Å². The molecule has 1 atom stereocenters. The van der Waals surface area contributed by atoms with Crippen molar-refractivity contribution in [3.8, 4) is 0 Å². The van der Waals surface area contributed by atoms with Gasteiger partial charge in [0, 0.05) is 19.0 Å². The van der Waals surface area contributed by atoms with Gasteiger partial charge in [0.15, 0.2) is 0 Å². The summed E-state index contributed by atoms with van der Waals surface area (Å²) < 4.78 is 0. The predicted molar refractivity (Wildman–Crippen MR) is 62.7 cm³/mol. The molecule has 1 heterocycles. The lowest BCUT2D eigenvalue weighted by Crippen LogP contribution is -2.41. The van der Waals surface area contributed by atoms with Crippen molar-refractivity contribution in [1.29, 1.82) is 0 Å². The zero-order valence-corrected chi connectivity index (χ0v) is 10.3. The Balaban J connectivity index is 2.32. The number of nitrogens with one attached hydrogen (secondary N) is 1. The van der Waals surface area contributed by atoms with Crippen LogP contribution >= 0.6 is 0 Å². The molecule has 0 saturated carbocycles. The van der Waals surface area contributed by atoms with Crippen LogP contribution in [0.2, 0.25) is 0 Å². The molecule has 15 heavy (non-hydrogen) atoms. The summed E-state index contributed by atoms with van der Waals surface area (Å²) in [6.45, 7) is 6.33.